The van der Waals surface area contributed by atoms with Crippen molar-refractivity contribution in [3.63, 3.8) is 0 Å². The zero-order valence-corrected chi connectivity index (χ0v) is 14.4. The van der Waals surface area contributed by atoms with E-state index in [9.17, 15) is 9.59 Å². The summed E-state index contributed by atoms with van der Waals surface area (Å²) < 4.78 is 0. The molecule has 0 unspecified atom stereocenters. The Hall–Kier alpha value is -2.47. The van der Waals surface area contributed by atoms with Gasteiger partial charge < -0.3 is 10.3 Å². The van der Waals surface area contributed by atoms with E-state index in [0.29, 0.717) is 29.8 Å². The van der Waals surface area contributed by atoms with Gasteiger partial charge in [-0.25, -0.2) is 4.98 Å². The lowest BCUT2D eigenvalue weighted by Gasteiger charge is -2.06. The number of rotatable bonds is 5. The molecule has 0 atom stereocenters. The van der Waals surface area contributed by atoms with E-state index in [2.05, 4.69) is 29.1 Å². The van der Waals surface area contributed by atoms with Gasteiger partial charge in [0.05, 0.1) is 10.7 Å². The average molecular weight is 341 g/mol. The fourth-order valence-corrected chi connectivity index (χ4v) is 3.29. The van der Waals surface area contributed by atoms with Gasteiger partial charge in [-0.3, -0.25) is 9.59 Å². The molecule has 0 bridgehead atoms. The molecule has 0 saturated heterocycles. The second-order valence-corrected chi connectivity index (χ2v) is 6.82. The van der Waals surface area contributed by atoms with E-state index in [1.54, 1.807) is 29.5 Å². The number of amides is 1. The molecule has 124 valence electrons. The Morgan fingerprint density at radius 3 is 2.88 bits per heavy atom. The van der Waals surface area contributed by atoms with E-state index in [0.717, 1.165) is 10.7 Å². The first-order chi connectivity index (χ1) is 11.5. The number of nitrogens with zero attached hydrogens (tertiary/aromatic N) is 1. The summed E-state index contributed by atoms with van der Waals surface area (Å²) in [5.41, 5.74) is 1.77. The third kappa shape index (κ3) is 3.54. The molecule has 5 nitrogen and oxygen atoms in total. The molecule has 0 aliphatic carbocycles. The van der Waals surface area contributed by atoms with E-state index in [-0.39, 0.29) is 17.0 Å². The first-order valence-electron chi connectivity index (χ1n) is 7.89. The summed E-state index contributed by atoms with van der Waals surface area (Å²) in [5, 5.41) is 6.55. The van der Waals surface area contributed by atoms with Crippen molar-refractivity contribution in [2.75, 3.05) is 6.54 Å². The van der Waals surface area contributed by atoms with E-state index < -0.39 is 0 Å². The molecule has 3 rings (SSSR count). The summed E-state index contributed by atoms with van der Waals surface area (Å²) in [6, 6.07) is 8.50. The Bertz CT molecular complexity index is 927. The standard InChI is InChI=1S/C18H19N3O2S/c1-11(2)18-20-12(10-24-18)7-8-19-17(23)15-9-16(22)13-5-3-4-6-14(13)21-15/h3-6,9-11H,7-8H2,1-2H3,(H,19,23)(H,21,22). The third-order valence-corrected chi connectivity index (χ3v) is 4.91. The van der Waals surface area contributed by atoms with E-state index in [4.69, 9.17) is 0 Å². The number of carbonyl (C=O) groups is 1. The number of benzene rings is 1. The maximum Gasteiger partial charge on any atom is 0.267 e. The van der Waals surface area contributed by atoms with Gasteiger partial charge in [0.1, 0.15) is 5.69 Å². The summed E-state index contributed by atoms with van der Waals surface area (Å²) >= 11 is 1.64. The minimum absolute atomic E-state index is 0.157. The van der Waals surface area contributed by atoms with Crippen LogP contribution in [0, 0.1) is 0 Å². The van der Waals surface area contributed by atoms with E-state index >= 15 is 0 Å². The Labute approximate surface area is 143 Å². The van der Waals surface area contributed by atoms with Gasteiger partial charge in [0.25, 0.3) is 5.91 Å². The van der Waals surface area contributed by atoms with Crippen LogP contribution in [0.4, 0.5) is 0 Å². The Morgan fingerprint density at radius 2 is 2.12 bits per heavy atom. The van der Waals surface area contributed by atoms with Crippen molar-refractivity contribution in [2.24, 2.45) is 0 Å². The molecule has 3 aromatic rings. The highest BCUT2D eigenvalue weighted by molar-refractivity contribution is 7.09. The molecule has 0 spiro atoms. The number of thiazole rings is 1. The Kier molecular flexibility index (Phi) is 4.76. The van der Waals surface area contributed by atoms with E-state index in [1.807, 2.05) is 11.4 Å². The number of hydrogen-bond donors (Lipinski definition) is 2. The third-order valence-electron chi connectivity index (χ3n) is 3.71. The molecule has 1 aromatic carbocycles. The van der Waals surface area contributed by atoms with Crippen LogP contribution in [0.15, 0.2) is 40.5 Å². The summed E-state index contributed by atoms with van der Waals surface area (Å²) in [5.74, 6) is 0.137. The fraction of sp³-hybridized carbons (Fsp3) is 0.278. The molecular weight excluding hydrogens is 322 g/mol. The maximum atomic E-state index is 12.2. The van der Waals surface area contributed by atoms with Crippen LogP contribution >= 0.6 is 11.3 Å². The molecule has 0 saturated carbocycles. The second-order valence-electron chi connectivity index (χ2n) is 5.93. The Balaban J connectivity index is 1.65. The van der Waals surface area contributed by atoms with Crippen molar-refractivity contribution in [3.05, 3.63) is 62.3 Å². The van der Waals surface area contributed by atoms with Crippen molar-refractivity contribution >= 4 is 28.1 Å². The minimum Gasteiger partial charge on any atom is -0.350 e. The molecule has 2 aromatic heterocycles. The van der Waals surface area contributed by atoms with Crippen molar-refractivity contribution in [1.29, 1.82) is 0 Å². The first kappa shape index (κ1) is 16.4. The van der Waals surface area contributed by atoms with Crippen LogP contribution < -0.4 is 10.7 Å². The summed E-state index contributed by atoms with van der Waals surface area (Å²) in [6.07, 6.45) is 0.673. The summed E-state index contributed by atoms with van der Waals surface area (Å²) in [4.78, 5) is 31.9. The van der Waals surface area contributed by atoms with Gasteiger partial charge in [-0.1, -0.05) is 26.0 Å². The summed E-state index contributed by atoms with van der Waals surface area (Å²) in [6.45, 7) is 4.70. The Morgan fingerprint density at radius 1 is 1.33 bits per heavy atom. The molecule has 2 N–H and O–H groups in total. The molecule has 6 heteroatoms. The highest BCUT2D eigenvalue weighted by Gasteiger charge is 2.10. The summed E-state index contributed by atoms with van der Waals surface area (Å²) in [7, 11) is 0. The van der Waals surface area contributed by atoms with Gasteiger partial charge in [0.2, 0.25) is 0 Å². The van der Waals surface area contributed by atoms with Crippen molar-refractivity contribution in [3.8, 4) is 0 Å². The van der Waals surface area contributed by atoms with Crippen molar-refractivity contribution < 1.29 is 4.79 Å². The first-order valence-corrected chi connectivity index (χ1v) is 8.77. The van der Waals surface area contributed by atoms with Gasteiger partial charge in [-0.05, 0) is 12.1 Å². The topological polar surface area (TPSA) is 74.8 Å². The lowest BCUT2D eigenvalue weighted by Crippen LogP contribution is -2.27. The van der Waals surface area contributed by atoms with Gasteiger partial charge in [0.15, 0.2) is 5.43 Å². The molecule has 0 radical (unpaired) electrons. The van der Waals surface area contributed by atoms with Crippen LogP contribution in [0.3, 0.4) is 0 Å². The van der Waals surface area contributed by atoms with Crippen LogP contribution in [-0.2, 0) is 6.42 Å². The number of aromatic amines is 1. The van der Waals surface area contributed by atoms with Gasteiger partial charge in [-0.2, -0.15) is 0 Å². The van der Waals surface area contributed by atoms with Gasteiger partial charge in [0, 0.05) is 41.2 Å². The number of pyridine rings is 1. The number of nitrogens with one attached hydrogen (secondary N) is 2. The molecular formula is C18H19N3O2S. The molecule has 0 fully saturated rings. The molecule has 0 aliphatic heterocycles. The quantitative estimate of drug-likeness (QED) is 0.749. The highest BCUT2D eigenvalue weighted by Crippen LogP contribution is 2.19. The number of hydrogen-bond acceptors (Lipinski definition) is 4. The van der Waals surface area contributed by atoms with Crippen LogP contribution in [0.1, 0.15) is 41.0 Å². The van der Waals surface area contributed by atoms with Crippen molar-refractivity contribution in [2.45, 2.75) is 26.2 Å². The number of fused-ring (bicyclic) bond motifs is 1. The molecule has 0 aliphatic rings. The van der Waals surface area contributed by atoms with Crippen molar-refractivity contribution in [1.82, 2.24) is 15.3 Å². The predicted molar refractivity (Wildman–Crippen MR) is 96.8 cm³/mol. The normalized spacial score (nSPS) is 11.1. The zero-order chi connectivity index (χ0) is 17.1. The van der Waals surface area contributed by atoms with Crippen LogP contribution in [0.5, 0.6) is 0 Å². The van der Waals surface area contributed by atoms with Gasteiger partial charge >= 0.3 is 0 Å². The number of aromatic nitrogens is 2. The lowest BCUT2D eigenvalue weighted by atomic mass is 10.2. The lowest BCUT2D eigenvalue weighted by molar-refractivity contribution is 0.0949. The second kappa shape index (κ2) is 6.97. The number of H-pyrrole nitrogens is 1. The van der Waals surface area contributed by atoms with Crippen LogP contribution in [0.25, 0.3) is 10.9 Å². The zero-order valence-electron chi connectivity index (χ0n) is 13.6. The number of carbonyl (C=O) groups excluding carboxylic acids is 1. The minimum atomic E-state index is -0.280. The predicted octanol–water partition coefficient (Wildman–Crippen LogP) is 3.08. The number of para-hydroxylation sites is 1. The fourth-order valence-electron chi connectivity index (χ4n) is 2.42. The smallest absolute Gasteiger partial charge is 0.267 e. The monoisotopic (exact) mass is 341 g/mol. The maximum absolute atomic E-state index is 12.2. The molecule has 2 heterocycles. The molecule has 24 heavy (non-hydrogen) atoms. The largest absolute Gasteiger partial charge is 0.350 e. The average Bonchev–Trinajstić information content (AvgIpc) is 3.04. The highest BCUT2D eigenvalue weighted by atomic mass is 32.1. The van der Waals surface area contributed by atoms with Crippen LogP contribution in [-0.4, -0.2) is 22.4 Å². The molecule has 1 amide bonds. The van der Waals surface area contributed by atoms with Gasteiger partial charge in [-0.15, -0.1) is 11.3 Å². The van der Waals surface area contributed by atoms with E-state index in [1.165, 1.54) is 6.07 Å². The van der Waals surface area contributed by atoms with Crippen LogP contribution in [0.2, 0.25) is 0 Å². The SMILES string of the molecule is CC(C)c1nc(CCNC(=O)c2cc(=O)c3ccccc3[nH]2)cs1.